The van der Waals surface area contributed by atoms with Gasteiger partial charge >= 0.3 is 0 Å². The summed E-state index contributed by atoms with van der Waals surface area (Å²) in [5.74, 6) is -0.0360. The first-order valence-corrected chi connectivity index (χ1v) is 6.73. The Morgan fingerprint density at radius 1 is 1.47 bits per heavy atom. The largest absolute Gasteiger partial charge is 0.376 e. The number of ether oxygens (including phenoxy) is 1. The molecule has 2 atom stereocenters. The van der Waals surface area contributed by atoms with Crippen molar-refractivity contribution < 1.29 is 9.53 Å². The van der Waals surface area contributed by atoms with E-state index in [1.54, 1.807) is 0 Å². The maximum absolute atomic E-state index is 12.2. The van der Waals surface area contributed by atoms with Crippen molar-refractivity contribution in [1.29, 1.82) is 0 Å². The van der Waals surface area contributed by atoms with Crippen molar-refractivity contribution in [3.63, 3.8) is 0 Å². The van der Waals surface area contributed by atoms with Gasteiger partial charge in [0.25, 0.3) is 5.91 Å². The minimum atomic E-state index is -0.0360. The Morgan fingerprint density at radius 2 is 2.37 bits per heavy atom. The molecule has 1 aliphatic heterocycles. The Morgan fingerprint density at radius 3 is 3.16 bits per heavy atom. The number of hydrogen-bond donors (Lipinski definition) is 2. The van der Waals surface area contributed by atoms with Crippen LogP contribution in [0.3, 0.4) is 0 Å². The van der Waals surface area contributed by atoms with Crippen molar-refractivity contribution >= 4 is 16.8 Å². The topological polar surface area (TPSA) is 54.1 Å². The molecular formula is C15H18N2O2. The number of aromatic amines is 1. The molecule has 1 amide bonds. The molecule has 100 valence electrons. The van der Waals surface area contributed by atoms with E-state index < -0.39 is 0 Å². The number of amides is 1. The minimum Gasteiger partial charge on any atom is -0.376 e. The van der Waals surface area contributed by atoms with Crippen LogP contribution in [0, 0.1) is 0 Å². The highest BCUT2D eigenvalue weighted by molar-refractivity contribution is 5.98. The van der Waals surface area contributed by atoms with Crippen LogP contribution < -0.4 is 5.32 Å². The third-order valence-corrected chi connectivity index (χ3v) is 3.70. The van der Waals surface area contributed by atoms with Crippen molar-refractivity contribution in [2.45, 2.75) is 31.9 Å². The van der Waals surface area contributed by atoms with Crippen molar-refractivity contribution in [2.24, 2.45) is 0 Å². The van der Waals surface area contributed by atoms with Gasteiger partial charge in [0, 0.05) is 29.3 Å². The van der Waals surface area contributed by atoms with Crippen molar-refractivity contribution in [3.8, 4) is 0 Å². The molecule has 4 heteroatoms. The van der Waals surface area contributed by atoms with E-state index in [1.807, 2.05) is 37.4 Å². The van der Waals surface area contributed by atoms with Crippen molar-refractivity contribution in [1.82, 2.24) is 10.3 Å². The molecule has 1 fully saturated rings. The zero-order valence-electron chi connectivity index (χ0n) is 11.0. The van der Waals surface area contributed by atoms with Gasteiger partial charge in [-0.2, -0.15) is 0 Å². The number of rotatable bonds is 3. The Kier molecular flexibility index (Phi) is 3.25. The van der Waals surface area contributed by atoms with Crippen LogP contribution in [0.2, 0.25) is 0 Å². The second-order valence-corrected chi connectivity index (χ2v) is 5.09. The van der Waals surface area contributed by atoms with Gasteiger partial charge in [-0.25, -0.2) is 0 Å². The third kappa shape index (κ3) is 2.49. The SMILES string of the molecule is CC(NC(=O)c1ccc2[nH]ccc2c1)C1CCCO1. The number of benzene rings is 1. The second kappa shape index (κ2) is 5.05. The fraction of sp³-hybridized carbons (Fsp3) is 0.400. The molecule has 1 aromatic carbocycles. The molecular weight excluding hydrogens is 240 g/mol. The van der Waals surface area contributed by atoms with E-state index in [0.29, 0.717) is 5.56 Å². The highest BCUT2D eigenvalue weighted by atomic mass is 16.5. The van der Waals surface area contributed by atoms with Crippen LogP contribution >= 0.6 is 0 Å². The summed E-state index contributed by atoms with van der Waals surface area (Å²) in [6, 6.07) is 7.70. The predicted octanol–water partition coefficient (Wildman–Crippen LogP) is 2.47. The number of aromatic nitrogens is 1. The summed E-state index contributed by atoms with van der Waals surface area (Å²) >= 11 is 0. The van der Waals surface area contributed by atoms with Gasteiger partial charge in [0.2, 0.25) is 0 Å². The van der Waals surface area contributed by atoms with E-state index in [-0.39, 0.29) is 18.1 Å². The normalized spacial score (nSPS) is 20.6. The monoisotopic (exact) mass is 258 g/mol. The summed E-state index contributed by atoms with van der Waals surface area (Å²) < 4.78 is 5.59. The minimum absolute atomic E-state index is 0.0360. The van der Waals surface area contributed by atoms with Gasteiger partial charge in [0.1, 0.15) is 0 Å². The molecule has 0 bridgehead atoms. The lowest BCUT2D eigenvalue weighted by molar-refractivity contribution is 0.0712. The van der Waals surface area contributed by atoms with Gasteiger partial charge in [-0.1, -0.05) is 0 Å². The van der Waals surface area contributed by atoms with Gasteiger partial charge in [0.15, 0.2) is 0 Å². The van der Waals surface area contributed by atoms with Crippen LogP contribution in [0.15, 0.2) is 30.5 Å². The molecule has 4 nitrogen and oxygen atoms in total. The average molecular weight is 258 g/mol. The Hall–Kier alpha value is -1.81. The smallest absolute Gasteiger partial charge is 0.251 e. The van der Waals surface area contributed by atoms with Crippen LogP contribution in [-0.2, 0) is 4.74 Å². The maximum atomic E-state index is 12.2. The van der Waals surface area contributed by atoms with Crippen LogP contribution in [0.5, 0.6) is 0 Å². The van der Waals surface area contributed by atoms with Crippen LogP contribution in [0.4, 0.5) is 0 Å². The lowest BCUT2D eigenvalue weighted by atomic mass is 10.1. The first-order chi connectivity index (χ1) is 9.24. The fourth-order valence-electron chi connectivity index (χ4n) is 2.57. The van der Waals surface area contributed by atoms with E-state index in [0.717, 1.165) is 30.4 Å². The maximum Gasteiger partial charge on any atom is 0.251 e. The molecule has 0 spiro atoms. The fourth-order valence-corrected chi connectivity index (χ4v) is 2.57. The summed E-state index contributed by atoms with van der Waals surface area (Å²) in [5.41, 5.74) is 1.74. The van der Waals surface area contributed by atoms with Crippen molar-refractivity contribution in [3.05, 3.63) is 36.0 Å². The number of nitrogens with one attached hydrogen (secondary N) is 2. The predicted molar refractivity (Wildman–Crippen MR) is 74.2 cm³/mol. The number of carbonyl (C=O) groups is 1. The second-order valence-electron chi connectivity index (χ2n) is 5.09. The Bertz CT molecular complexity index is 585. The van der Waals surface area contributed by atoms with E-state index in [1.165, 1.54) is 0 Å². The summed E-state index contributed by atoms with van der Waals surface area (Å²) in [5, 5.41) is 4.07. The first kappa shape index (κ1) is 12.2. The van der Waals surface area contributed by atoms with E-state index in [2.05, 4.69) is 10.3 Å². The molecule has 2 N–H and O–H groups in total. The molecule has 1 aromatic heterocycles. The molecule has 1 saturated heterocycles. The standard InChI is InChI=1S/C15H18N2O2/c1-10(14-3-2-8-19-14)17-15(18)12-4-5-13-11(9-12)6-7-16-13/h4-7,9-10,14,16H,2-3,8H2,1H3,(H,17,18). The highest BCUT2D eigenvalue weighted by Crippen LogP contribution is 2.17. The molecule has 2 unspecified atom stereocenters. The molecule has 0 saturated carbocycles. The molecule has 2 aromatic rings. The lowest BCUT2D eigenvalue weighted by Gasteiger charge is -2.20. The quantitative estimate of drug-likeness (QED) is 0.888. The van der Waals surface area contributed by atoms with Gasteiger partial charge in [-0.05, 0) is 44.0 Å². The van der Waals surface area contributed by atoms with Gasteiger partial charge in [-0.3, -0.25) is 4.79 Å². The average Bonchev–Trinajstić information content (AvgIpc) is 3.09. The first-order valence-electron chi connectivity index (χ1n) is 6.73. The number of hydrogen-bond acceptors (Lipinski definition) is 2. The number of carbonyl (C=O) groups excluding carboxylic acids is 1. The highest BCUT2D eigenvalue weighted by Gasteiger charge is 2.23. The zero-order chi connectivity index (χ0) is 13.2. The van der Waals surface area contributed by atoms with Crippen LogP contribution in [0.25, 0.3) is 10.9 Å². The summed E-state index contributed by atoms with van der Waals surface area (Å²) in [6.07, 6.45) is 4.14. The number of fused-ring (bicyclic) bond motifs is 1. The summed E-state index contributed by atoms with van der Waals surface area (Å²) in [4.78, 5) is 15.3. The Labute approximate surface area is 112 Å². The third-order valence-electron chi connectivity index (χ3n) is 3.70. The van der Waals surface area contributed by atoms with E-state index >= 15 is 0 Å². The molecule has 1 aliphatic rings. The van der Waals surface area contributed by atoms with E-state index in [4.69, 9.17) is 4.74 Å². The van der Waals surface area contributed by atoms with E-state index in [9.17, 15) is 4.79 Å². The molecule has 19 heavy (non-hydrogen) atoms. The van der Waals surface area contributed by atoms with Crippen LogP contribution in [0.1, 0.15) is 30.1 Å². The summed E-state index contributed by atoms with van der Waals surface area (Å²) in [6.45, 7) is 2.81. The molecule has 3 rings (SSSR count). The van der Waals surface area contributed by atoms with Gasteiger partial charge < -0.3 is 15.0 Å². The summed E-state index contributed by atoms with van der Waals surface area (Å²) in [7, 11) is 0. The molecule has 0 aliphatic carbocycles. The van der Waals surface area contributed by atoms with Gasteiger partial charge in [0.05, 0.1) is 12.1 Å². The van der Waals surface area contributed by atoms with Crippen molar-refractivity contribution in [2.75, 3.05) is 6.61 Å². The molecule has 2 heterocycles. The number of H-pyrrole nitrogens is 1. The van der Waals surface area contributed by atoms with Crippen LogP contribution in [-0.4, -0.2) is 29.6 Å². The lowest BCUT2D eigenvalue weighted by Crippen LogP contribution is -2.40. The van der Waals surface area contributed by atoms with Gasteiger partial charge in [-0.15, -0.1) is 0 Å². The zero-order valence-corrected chi connectivity index (χ0v) is 11.0. The molecule has 0 radical (unpaired) electrons. The Balaban J connectivity index is 1.71.